The second-order valence-electron chi connectivity index (χ2n) is 13.3. The Hall–Kier alpha value is -1.44. The van der Waals surface area contributed by atoms with Gasteiger partial charge in [-0.1, -0.05) is 121 Å². The first-order chi connectivity index (χ1) is 22.2. The Kier molecular flexibility index (Phi) is 17.1. The molecule has 0 N–H and O–H groups in total. The summed E-state index contributed by atoms with van der Waals surface area (Å²) < 4.78 is 0. The summed E-state index contributed by atoms with van der Waals surface area (Å²) in [5.74, 6) is 3.00. The molecule has 0 spiro atoms. The van der Waals surface area contributed by atoms with Crippen LogP contribution in [0.3, 0.4) is 0 Å². The van der Waals surface area contributed by atoms with E-state index in [-0.39, 0.29) is 0 Å². The molecule has 0 bridgehead atoms. The molecular formula is C42H54Cl2SiZr. The van der Waals surface area contributed by atoms with E-state index < -0.39 is 20.8 Å². The molecule has 0 aromatic heterocycles. The van der Waals surface area contributed by atoms with Gasteiger partial charge >= 0.3 is 37.9 Å². The molecule has 1 aliphatic rings. The van der Waals surface area contributed by atoms with Crippen molar-refractivity contribution in [2.45, 2.75) is 111 Å². The van der Waals surface area contributed by atoms with Crippen molar-refractivity contribution < 1.29 is 20.8 Å². The van der Waals surface area contributed by atoms with Gasteiger partial charge in [-0.3, -0.25) is 0 Å². The fraction of sp³-hybridized carbons (Fsp3) is 0.429. The van der Waals surface area contributed by atoms with Crippen LogP contribution in [-0.2, 0) is 27.3 Å². The van der Waals surface area contributed by atoms with Crippen LogP contribution < -0.4 is 0 Å². The van der Waals surface area contributed by atoms with E-state index >= 15 is 0 Å². The summed E-state index contributed by atoms with van der Waals surface area (Å²) >= 11 is -0.826. The Bertz CT molecular complexity index is 1570. The van der Waals surface area contributed by atoms with Crippen LogP contribution in [0.2, 0.25) is 13.1 Å². The third-order valence-electron chi connectivity index (χ3n) is 9.54. The van der Waals surface area contributed by atoms with Crippen molar-refractivity contribution in [2.75, 3.05) is 0 Å². The van der Waals surface area contributed by atoms with Crippen LogP contribution in [-0.4, -0.2) is 9.52 Å². The van der Waals surface area contributed by atoms with E-state index in [1.165, 1.54) is 75.9 Å². The third kappa shape index (κ3) is 10.8. The fourth-order valence-corrected chi connectivity index (χ4v) is 6.56. The van der Waals surface area contributed by atoms with Crippen LogP contribution in [0.25, 0.3) is 32.7 Å². The molecule has 0 amide bonds. The Labute approximate surface area is 301 Å². The summed E-state index contributed by atoms with van der Waals surface area (Å²) in [5.41, 5.74) is 8.62. The van der Waals surface area contributed by atoms with Crippen molar-refractivity contribution in [3.05, 3.63) is 107 Å². The van der Waals surface area contributed by atoms with Gasteiger partial charge < -0.3 is 0 Å². The number of hydrogen-bond acceptors (Lipinski definition) is 0. The quantitative estimate of drug-likeness (QED) is 0.120. The average molecular weight is 749 g/mol. The van der Waals surface area contributed by atoms with E-state index in [9.17, 15) is 0 Å². The first-order valence-corrected chi connectivity index (χ1v) is 25.6. The maximum absolute atomic E-state index is 4.93. The fourth-order valence-electron chi connectivity index (χ4n) is 6.56. The molecule has 1 aliphatic carbocycles. The zero-order chi connectivity index (χ0) is 33.6. The van der Waals surface area contributed by atoms with Gasteiger partial charge in [0, 0.05) is 9.52 Å². The number of benzene rings is 3. The summed E-state index contributed by atoms with van der Waals surface area (Å²) in [6, 6.07) is 32.0. The molecule has 0 nitrogen and oxygen atoms in total. The van der Waals surface area contributed by atoms with Gasteiger partial charge in [0.1, 0.15) is 0 Å². The van der Waals surface area contributed by atoms with Crippen molar-refractivity contribution in [1.29, 1.82) is 0 Å². The average Bonchev–Trinajstić information content (AvgIpc) is 3.70. The van der Waals surface area contributed by atoms with E-state index in [0.717, 1.165) is 27.8 Å². The number of fused-ring (bicyclic) bond motifs is 2. The van der Waals surface area contributed by atoms with Crippen molar-refractivity contribution >= 4 is 48.1 Å². The predicted molar refractivity (Wildman–Crippen MR) is 206 cm³/mol. The molecule has 0 saturated heterocycles. The van der Waals surface area contributed by atoms with Crippen molar-refractivity contribution in [2.24, 2.45) is 5.92 Å². The zero-order valence-electron chi connectivity index (χ0n) is 29.4. The molecule has 0 aliphatic heterocycles. The molecule has 1 atom stereocenters. The molecule has 5 aromatic rings. The summed E-state index contributed by atoms with van der Waals surface area (Å²) in [5, 5.41) is 5.70. The number of halogens is 2. The first-order valence-electron chi connectivity index (χ1n) is 17.2. The monoisotopic (exact) mass is 746 g/mol. The number of rotatable bonds is 6. The van der Waals surface area contributed by atoms with Crippen LogP contribution in [0, 0.1) is 5.92 Å². The van der Waals surface area contributed by atoms with Crippen molar-refractivity contribution in [1.82, 2.24) is 0 Å². The van der Waals surface area contributed by atoms with E-state index in [0.29, 0.717) is 11.8 Å². The molecule has 1 unspecified atom stereocenters. The Morgan fingerprint density at radius 2 is 1.39 bits per heavy atom. The maximum atomic E-state index is 4.93. The van der Waals surface area contributed by atoms with Gasteiger partial charge in [0.25, 0.3) is 0 Å². The topological polar surface area (TPSA) is 0 Å². The van der Waals surface area contributed by atoms with E-state index in [4.69, 9.17) is 17.0 Å². The molecule has 4 heteroatoms. The molecule has 1 saturated carbocycles. The van der Waals surface area contributed by atoms with Crippen LogP contribution in [0.5, 0.6) is 0 Å². The molecule has 2 radical (unpaired) electrons. The van der Waals surface area contributed by atoms with Gasteiger partial charge in [0.2, 0.25) is 0 Å². The zero-order valence-corrected chi connectivity index (χ0v) is 34.4. The summed E-state index contributed by atoms with van der Waals surface area (Å²) in [6.45, 7) is 18.0. The SMILES string of the molecule is CCC(C)c1cccc2[cH-]c(C3CCC(C)CC3)cc12.CCc1cc2c(-c3ccc(C(C)C)cc3)cccc2[cH-]1.C[Si]C.[Cl][Zr+2][Cl]. The predicted octanol–water partition coefficient (Wildman–Crippen LogP) is 14.4. The Balaban J connectivity index is 0.000000214. The Morgan fingerprint density at radius 1 is 0.804 bits per heavy atom. The second-order valence-corrected chi connectivity index (χ2v) is 18.0. The van der Waals surface area contributed by atoms with Crippen molar-refractivity contribution in [3.8, 4) is 11.1 Å². The first kappa shape index (κ1) is 39.0. The van der Waals surface area contributed by atoms with Crippen LogP contribution in [0.4, 0.5) is 0 Å². The van der Waals surface area contributed by atoms with E-state index in [1.807, 2.05) is 0 Å². The molecule has 0 heterocycles. The van der Waals surface area contributed by atoms with Gasteiger partial charge in [-0.05, 0) is 54.1 Å². The number of hydrogen-bond donors (Lipinski definition) is 0. The van der Waals surface area contributed by atoms with E-state index in [2.05, 4.69) is 140 Å². The van der Waals surface area contributed by atoms with Crippen LogP contribution in [0.1, 0.15) is 114 Å². The normalized spacial score (nSPS) is 16.4. The van der Waals surface area contributed by atoms with Gasteiger partial charge in [-0.2, -0.15) is 12.1 Å². The third-order valence-corrected chi connectivity index (χ3v) is 9.54. The van der Waals surface area contributed by atoms with Crippen LogP contribution >= 0.6 is 17.0 Å². The standard InChI is InChI=1S/C20H27.C20H21.C2H6Si.2ClH.Zr/c1-4-15(3)19-7-5-6-17-12-18(13-20(17)19)16-10-8-14(2)9-11-16;1-4-15-12-18-6-5-7-19(20(18)13-15)17-10-8-16(9-11-17)14(2)3;1-3-2;;;/h5-7,12-16H,4,8-11H2,1-3H3;5-14H,4H2,1-3H3;1-2H3;2*1H;/q2*-1;;;;+4/p-2. The summed E-state index contributed by atoms with van der Waals surface area (Å²) in [6.07, 6.45) is 7.90. The van der Waals surface area contributed by atoms with E-state index in [1.54, 1.807) is 11.1 Å². The minimum absolute atomic E-state index is 0.588. The van der Waals surface area contributed by atoms with Gasteiger partial charge in [-0.25, -0.2) is 0 Å². The van der Waals surface area contributed by atoms with Gasteiger partial charge in [0.15, 0.2) is 0 Å². The second kappa shape index (κ2) is 20.2. The molecular weight excluding hydrogens is 695 g/mol. The van der Waals surface area contributed by atoms with Crippen LogP contribution in [0.15, 0.2) is 84.9 Å². The molecule has 46 heavy (non-hydrogen) atoms. The van der Waals surface area contributed by atoms with Gasteiger partial charge in [-0.15, -0.1) is 69.1 Å². The Morgan fingerprint density at radius 3 is 1.96 bits per heavy atom. The molecule has 5 aromatic carbocycles. The number of aryl methyl sites for hydroxylation is 1. The summed E-state index contributed by atoms with van der Waals surface area (Å²) in [7, 11) is 11.0. The molecule has 1 fully saturated rings. The van der Waals surface area contributed by atoms with Crippen molar-refractivity contribution in [3.63, 3.8) is 0 Å². The summed E-state index contributed by atoms with van der Waals surface area (Å²) in [4.78, 5) is 0. The molecule has 244 valence electrons. The molecule has 6 rings (SSSR count). The minimum atomic E-state index is -0.826. The van der Waals surface area contributed by atoms with Gasteiger partial charge in [0.05, 0.1) is 0 Å².